The SMILES string of the molecule is CCN(CC)CCOc1cccc(Oc2ccccc2)c1.Cl. The molecular weight excluding hydrogens is 298 g/mol. The molecule has 0 heterocycles. The number of hydrogen-bond donors (Lipinski definition) is 0. The van der Waals surface area contributed by atoms with Gasteiger partial charge in [0.05, 0.1) is 0 Å². The van der Waals surface area contributed by atoms with Crippen LogP contribution in [0.15, 0.2) is 54.6 Å². The minimum atomic E-state index is 0. The second-order valence-corrected chi connectivity index (χ2v) is 4.77. The first-order valence-electron chi connectivity index (χ1n) is 7.50. The van der Waals surface area contributed by atoms with Crippen molar-refractivity contribution in [3.63, 3.8) is 0 Å². The molecule has 0 radical (unpaired) electrons. The van der Waals surface area contributed by atoms with Gasteiger partial charge in [-0.25, -0.2) is 0 Å². The fourth-order valence-corrected chi connectivity index (χ4v) is 2.08. The number of halogens is 1. The lowest BCUT2D eigenvalue weighted by molar-refractivity contribution is 0.222. The first-order valence-corrected chi connectivity index (χ1v) is 7.50. The van der Waals surface area contributed by atoms with Crippen LogP contribution in [-0.4, -0.2) is 31.1 Å². The summed E-state index contributed by atoms with van der Waals surface area (Å²) in [4.78, 5) is 2.34. The molecule has 4 heteroatoms. The van der Waals surface area contributed by atoms with Crippen LogP contribution in [0.4, 0.5) is 0 Å². The summed E-state index contributed by atoms with van der Waals surface area (Å²) in [5.41, 5.74) is 0. The van der Waals surface area contributed by atoms with Crippen molar-refractivity contribution in [1.29, 1.82) is 0 Å². The molecule has 2 rings (SSSR count). The van der Waals surface area contributed by atoms with E-state index in [1.54, 1.807) is 0 Å². The molecule has 0 fully saturated rings. The van der Waals surface area contributed by atoms with Gasteiger partial charge in [0.1, 0.15) is 23.9 Å². The molecule has 0 aromatic heterocycles. The maximum absolute atomic E-state index is 5.80. The van der Waals surface area contributed by atoms with Crippen LogP contribution >= 0.6 is 12.4 Å². The summed E-state index contributed by atoms with van der Waals surface area (Å²) < 4.78 is 11.6. The molecule has 0 aliphatic heterocycles. The zero-order valence-corrected chi connectivity index (χ0v) is 14.0. The molecule has 0 unspecified atom stereocenters. The van der Waals surface area contributed by atoms with Crippen LogP contribution in [0, 0.1) is 0 Å². The Hall–Kier alpha value is -1.71. The van der Waals surface area contributed by atoms with Crippen LogP contribution in [-0.2, 0) is 0 Å². The smallest absolute Gasteiger partial charge is 0.131 e. The van der Waals surface area contributed by atoms with Gasteiger partial charge in [-0.15, -0.1) is 12.4 Å². The minimum Gasteiger partial charge on any atom is -0.492 e. The Morgan fingerprint density at radius 3 is 2.14 bits per heavy atom. The molecule has 120 valence electrons. The standard InChI is InChI=1S/C18H23NO2.ClH/c1-3-19(4-2)13-14-20-17-11-8-12-18(15-17)21-16-9-6-5-7-10-16;/h5-12,15H,3-4,13-14H2,1-2H3;1H. The van der Waals surface area contributed by atoms with Crippen LogP contribution < -0.4 is 9.47 Å². The van der Waals surface area contributed by atoms with Crippen LogP contribution in [0.3, 0.4) is 0 Å². The van der Waals surface area contributed by atoms with Crippen LogP contribution in [0.1, 0.15) is 13.8 Å². The lowest BCUT2D eigenvalue weighted by Gasteiger charge is -2.18. The Balaban J connectivity index is 0.00000242. The van der Waals surface area contributed by atoms with Gasteiger partial charge in [-0.1, -0.05) is 38.1 Å². The van der Waals surface area contributed by atoms with Crippen molar-refractivity contribution >= 4 is 12.4 Å². The zero-order chi connectivity index (χ0) is 14.9. The van der Waals surface area contributed by atoms with Crippen LogP contribution in [0.5, 0.6) is 17.2 Å². The van der Waals surface area contributed by atoms with Gasteiger partial charge < -0.3 is 14.4 Å². The molecule has 0 saturated heterocycles. The quantitative estimate of drug-likeness (QED) is 0.708. The molecule has 0 spiro atoms. The highest BCUT2D eigenvalue weighted by molar-refractivity contribution is 5.85. The minimum absolute atomic E-state index is 0. The van der Waals surface area contributed by atoms with Gasteiger partial charge in [0.2, 0.25) is 0 Å². The van der Waals surface area contributed by atoms with E-state index in [0.717, 1.165) is 36.9 Å². The molecule has 0 saturated carbocycles. The van der Waals surface area contributed by atoms with Crippen molar-refractivity contribution in [1.82, 2.24) is 4.90 Å². The lowest BCUT2D eigenvalue weighted by atomic mass is 10.3. The second-order valence-electron chi connectivity index (χ2n) is 4.77. The van der Waals surface area contributed by atoms with Gasteiger partial charge in [-0.3, -0.25) is 0 Å². The van der Waals surface area contributed by atoms with E-state index >= 15 is 0 Å². The molecule has 22 heavy (non-hydrogen) atoms. The molecular formula is C18H24ClNO2. The van der Waals surface area contributed by atoms with Crippen molar-refractivity contribution in [2.45, 2.75) is 13.8 Å². The van der Waals surface area contributed by atoms with E-state index < -0.39 is 0 Å². The van der Waals surface area contributed by atoms with E-state index in [2.05, 4.69) is 18.7 Å². The molecule has 0 N–H and O–H groups in total. The number of ether oxygens (including phenoxy) is 2. The number of para-hydroxylation sites is 1. The third-order valence-electron chi connectivity index (χ3n) is 3.36. The zero-order valence-electron chi connectivity index (χ0n) is 13.2. The van der Waals surface area contributed by atoms with Gasteiger partial charge in [-0.2, -0.15) is 0 Å². The number of rotatable bonds is 8. The Labute approximate surface area is 139 Å². The molecule has 3 nitrogen and oxygen atoms in total. The fourth-order valence-electron chi connectivity index (χ4n) is 2.08. The largest absolute Gasteiger partial charge is 0.492 e. The molecule has 0 aliphatic rings. The van der Waals surface area contributed by atoms with Gasteiger partial charge in [0.25, 0.3) is 0 Å². The molecule has 0 amide bonds. The highest BCUT2D eigenvalue weighted by atomic mass is 35.5. The van der Waals surface area contributed by atoms with Gasteiger partial charge in [0.15, 0.2) is 0 Å². The topological polar surface area (TPSA) is 21.7 Å². The monoisotopic (exact) mass is 321 g/mol. The molecule has 2 aromatic rings. The van der Waals surface area contributed by atoms with E-state index in [4.69, 9.17) is 9.47 Å². The number of likely N-dealkylation sites (N-methyl/N-ethyl adjacent to an activating group) is 1. The van der Waals surface area contributed by atoms with Gasteiger partial charge >= 0.3 is 0 Å². The average Bonchev–Trinajstić information content (AvgIpc) is 2.53. The first-order chi connectivity index (χ1) is 10.3. The second kappa shape index (κ2) is 10.1. The predicted octanol–water partition coefficient (Wildman–Crippen LogP) is 4.62. The lowest BCUT2D eigenvalue weighted by Crippen LogP contribution is -2.27. The van der Waals surface area contributed by atoms with E-state index in [0.29, 0.717) is 6.61 Å². The van der Waals surface area contributed by atoms with Crippen LogP contribution in [0.2, 0.25) is 0 Å². The average molecular weight is 322 g/mol. The Morgan fingerprint density at radius 1 is 0.818 bits per heavy atom. The van der Waals surface area contributed by atoms with Gasteiger partial charge in [0, 0.05) is 12.6 Å². The maximum atomic E-state index is 5.80. The van der Waals surface area contributed by atoms with Crippen molar-refractivity contribution < 1.29 is 9.47 Å². The summed E-state index contributed by atoms with van der Waals surface area (Å²) in [7, 11) is 0. The van der Waals surface area contributed by atoms with Crippen LogP contribution in [0.25, 0.3) is 0 Å². The third-order valence-corrected chi connectivity index (χ3v) is 3.36. The van der Waals surface area contributed by atoms with Crippen molar-refractivity contribution in [3.8, 4) is 17.2 Å². The van der Waals surface area contributed by atoms with Crippen molar-refractivity contribution in [2.75, 3.05) is 26.2 Å². The summed E-state index contributed by atoms with van der Waals surface area (Å²) in [6, 6.07) is 17.5. The highest BCUT2D eigenvalue weighted by Crippen LogP contribution is 2.24. The summed E-state index contributed by atoms with van der Waals surface area (Å²) in [6.45, 7) is 8.07. The fraction of sp³-hybridized carbons (Fsp3) is 0.333. The predicted molar refractivity (Wildman–Crippen MR) is 93.5 cm³/mol. The Morgan fingerprint density at radius 2 is 1.45 bits per heavy atom. The number of benzene rings is 2. The molecule has 2 aromatic carbocycles. The Kier molecular flexibility index (Phi) is 8.41. The van der Waals surface area contributed by atoms with Crippen molar-refractivity contribution in [2.24, 2.45) is 0 Å². The summed E-state index contributed by atoms with van der Waals surface area (Å²) in [5, 5.41) is 0. The molecule has 0 atom stereocenters. The normalized spacial score (nSPS) is 10.1. The third kappa shape index (κ3) is 5.96. The first kappa shape index (κ1) is 18.3. The van der Waals surface area contributed by atoms with E-state index in [1.807, 2.05) is 54.6 Å². The summed E-state index contributed by atoms with van der Waals surface area (Å²) >= 11 is 0. The highest BCUT2D eigenvalue weighted by Gasteiger charge is 2.02. The molecule has 0 bridgehead atoms. The van der Waals surface area contributed by atoms with E-state index in [9.17, 15) is 0 Å². The summed E-state index contributed by atoms with van der Waals surface area (Å²) in [5.74, 6) is 2.47. The van der Waals surface area contributed by atoms with E-state index in [1.165, 1.54) is 0 Å². The van der Waals surface area contributed by atoms with Crippen molar-refractivity contribution in [3.05, 3.63) is 54.6 Å². The molecule has 0 aliphatic carbocycles. The van der Waals surface area contributed by atoms with E-state index in [-0.39, 0.29) is 12.4 Å². The Bertz CT molecular complexity index is 530. The summed E-state index contributed by atoms with van der Waals surface area (Å²) in [6.07, 6.45) is 0. The van der Waals surface area contributed by atoms with Gasteiger partial charge in [-0.05, 0) is 37.4 Å². The maximum Gasteiger partial charge on any atom is 0.131 e. The number of nitrogens with zero attached hydrogens (tertiary/aromatic N) is 1. The number of hydrogen-bond acceptors (Lipinski definition) is 3.